The van der Waals surface area contributed by atoms with Gasteiger partial charge in [-0.1, -0.05) is 15.9 Å². The van der Waals surface area contributed by atoms with Gasteiger partial charge in [-0.15, -0.1) is 0 Å². The van der Waals surface area contributed by atoms with Crippen molar-refractivity contribution in [1.82, 2.24) is 10.2 Å². The number of ether oxygens (including phenoxy) is 1. The second-order valence-electron chi connectivity index (χ2n) is 4.22. The predicted molar refractivity (Wildman–Crippen MR) is 87.9 cm³/mol. The molecule has 0 unspecified atom stereocenters. The Morgan fingerprint density at radius 2 is 2.17 bits per heavy atom. The summed E-state index contributed by atoms with van der Waals surface area (Å²) in [7, 11) is 3.87. The van der Waals surface area contributed by atoms with Gasteiger partial charge in [0.2, 0.25) is 0 Å². The van der Waals surface area contributed by atoms with Crippen molar-refractivity contribution in [2.75, 3.05) is 40.4 Å². The molecule has 0 aliphatic heterocycles. The van der Waals surface area contributed by atoms with Gasteiger partial charge < -0.3 is 15.0 Å². The number of likely N-dealkylation sites (N-methyl/N-ethyl adjacent to an activating group) is 1. The average molecular weight is 427 g/mol. The summed E-state index contributed by atoms with van der Waals surface area (Å²) in [6, 6.07) is 6.42. The second kappa shape index (κ2) is 9.25. The molecule has 0 aliphatic carbocycles. The maximum atomic E-state index is 4.99. The van der Waals surface area contributed by atoms with Gasteiger partial charge in [-0.25, -0.2) is 0 Å². The lowest BCUT2D eigenvalue weighted by molar-refractivity contribution is 0.197. The van der Waals surface area contributed by atoms with Gasteiger partial charge in [0.1, 0.15) is 0 Å². The minimum Gasteiger partial charge on any atom is -0.383 e. The highest BCUT2D eigenvalue weighted by molar-refractivity contribution is 14.1. The van der Waals surface area contributed by atoms with Crippen LogP contribution in [0.4, 0.5) is 0 Å². The molecule has 18 heavy (non-hydrogen) atoms. The third-order valence-electron chi connectivity index (χ3n) is 2.60. The number of nitrogens with zero attached hydrogens (tertiary/aromatic N) is 1. The van der Waals surface area contributed by atoms with E-state index in [9.17, 15) is 0 Å². The molecule has 102 valence electrons. The van der Waals surface area contributed by atoms with Crippen LogP contribution in [0.3, 0.4) is 0 Å². The molecule has 0 fully saturated rings. The number of nitrogens with one attached hydrogen (secondary N) is 1. The van der Waals surface area contributed by atoms with Crippen molar-refractivity contribution >= 4 is 38.5 Å². The van der Waals surface area contributed by atoms with E-state index in [1.807, 2.05) is 0 Å². The zero-order chi connectivity index (χ0) is 13.4. The summed E-state index contributed by atoms with van der Waals surface area (Å²) < 4.78 is 7.45. The summed E-state index contributed by atoms with van der Waals surface area (Å²) >= 11 is 5.91. The largest absolute Gasteiger partial charge is 0.383 e. The Balaban J connectivity index is 2.30. The molecule has 0 aliphatic rings. The minimum absolute atomic E-state index is 0.771. The van der Waals surface area contributed by atoms with Gasteiger partial charge in [-0.2, -0.15) is 0 Å². The van der Waals surface area contributed by atoms with Crippen molar-refractivity contribution in [2.45, 2.75) is 6.54 Å². The topological polar surface area (TPSA) is 24.5 Å². The molecule has 1 aromatic rings. The first kappa shape index (κ1) is 16.4. The van der Waals surface area contributed by atoms with Gasteiger partial charge in [0.05, 0.1) is 6.61 Å². The minimum atomic E-state index is 0.771. The van der Waals surface area contributed by atoms with Crippen molar-refractivity contribution in [1.29, 1.82) is 0 Å². The molecule has 0 saturated carbocycles. The van der Waals surface area contributed by atoms with Crippen LogP contribution in [0, 0.1) is 3.57 Å². The fourth-order valence-electron chi connectivity index (χ4n) is 1.60. The number of hydrogen-bond donors (Lipinski definition) is 1. The molecular weight excluding hydrogens is 407 g/mol. The van der Waals surface area contributed by atoms with Crippen LogP contribution in [0.5, 0.6) is 0 Å². The van der Waals surface area contributed by atoms with Gasteiger partial charge in [0.15, 0.2) is 0 Å². The van der Waals surface area contributed by atoms with Crippen molar-refractivity contribution in [3.05, 3.63) is 31.8 Å². The lowest BCUT2D eigenvalue weighted by atomic mass is 10.2. The van der Waals surface area contributed by atoms with Gasteiger partial charge in [0, 0.05) is 41.3 Å². The zero-order valence-corrected chi connectivity index (χ0v) is 14.6. The third-order valence-corrected chi connectivity index (χ3v) is 4.15. The first-order chi connectivity index (χ1) is 8.63. The van der Waals surface area contributed by atoms with E-state index in [2.05, 4.69) is 74.0 Å². The first-order valence-corrected chi connectivity index (χ1v) is 7.82. The highest BCUT2D eigenvalue weighted by Gasteiger charge is 2.04. The van der Waals surface area contributed by atoms with Gasteiger partial charge in [-0.3, -0.25) is 0 Å². The van der Waals surface area contributed by atoms with Crippen molar-refractivity contribution in [2.24, 2.45) is 0 Å². The first-order valence-electron chi connectivity index (χ1n) is 5.95. The lowest BCUT2D eigenvalue weighted by Crippen LogP contribution is -2.30. The Morgan fingerprint density at radius 1 is 1.39 bits per heavy atom. The molecule has 0 saturated heterocycles. The summed E-state index contributed by atoms with van der Waals surface area (Å²) in [6.45, 7) is 4.69. The van der Waals surface area contributed by atoms with Gasteiger partial charge in [0.25, 0.3) is 0 Å². The molecule has 0 heterocycles. The smallest absolute Gasteiger partial charge is 0.0587 e. The van der Waals surface area contributed by atoms with Crippen molar-refractivity contribution in [3.8, 4) is 0 Å². The normalized spacial score (nSPS) is 11.2. The van der Waals surface area contributed by atoms with Crippen LogP contribution in [0.2, 0.25) is 0 Å². The molecule has 5 heteroatoms. The summed E-state index contributed by atoms with van der Waals surface area (Å²) in [4.78, 5) is 2.32. The molecule has 0 amide bonds. The molecule has 0 atom stereocenters. The van der Waals surface area contributed by atoms with Crippen LogP contribution in [0.25, 0.3) is 0 Å². The van der Waals surface area contributed by atoms with Crippen LogP contribution in [0.1, 0.15) is 5.56 Å². The number of rotatable bonds is 8. The van der Waals surface area contributed by atoms with Crippen molar-refractivity contribution < 1.29 is 4.74 Å². The quantitative estimate of drug-likeness (QED) is 0.511. The number of halogens is 2. The Kier molecular flexibility index (Phi) is 8.41. The second-order valence-corrected chi connectivity index (χ2v) is 6.29. The Labute approximate surface area is 132 Å². The van der Waals surface area contributed by atoms with E-state index < -0.39 is 0 Å². The van der Waals surface area contributed by atoms with E-state index in [0.29, 0.717) is 0 Å². The highest BCUT2D eigenvalue weighted by atomic mass is 127. The van der Waals surface area contributed by atoms with E-state index in [0.717, 1.165) is 37.3 Å². The van der Waals surface area contributed by atoms with Crippen LogP contribution in [-0.4, -0.2) is 45.3 Å². The predicted octanol–water partition coefficient (Wildman–Crippen LogP) is 2.72. The molecule has 1 rings (SSSR count). The van der Waals surface area contributed by atoms with E-state index in [4.69, 9.17) is 4.74 Å². The van der Waals surface area contributed by atoms with Crippen LogP contribution < -0.4 is 5.32 Å². The molecule has 1 N–H and O–H groups in total. The number of benzene rings is 1. The highest BCUT2D eigenvalue weighted by Crippen LogP contribution is 2.19. The molecule has 3 nitrogen and oxygen atoms in total. The van der Waals surface area contributed by atoms with E-state index in [1.165, 1.54) is 9.13 Å². The summed E-state index contributed by atoms with van der Waals surface area (Å²) in [5.74, 6) is 0. The van der Waals surface area contributed by atoms with E-state index in [-0.39, 0.29) is 0 Å². The average Bonchev–Trinajstić information content (AvgIpc) is 2.33. The van der Waals surface area contributed by atoms with E-state index in [1.54, 1.807) is 7.11 Å². The number of methoxy groups -OCH3 is 1. The zero-order valence-electron chi connectivity index (χ0n) is 10.9. The third kappa shape index (κ3) is 6.47. The van der Waals surface area contributed by atoms with Crippen molar-refractivity contribution in [3.63, 3.8) is 0 Å². The summed E-state index contributed by atoms with van der Waals surface area (Å²) in [6.07, 6.45) is 0. The molecular formula is C13H20BrIN2O. The maximum absolute atomic E-state index is 4.99. The molecule has 0 bridgehead atoms. The van der Waals surface area contributed by atoms with Crippen LogP contribution in [-0.2, 0) is 11.3 Å². The molecule has 0 spiro atoms. The monoisotopic (exact) mass is 426 g/mol. The van der Waals surface area contributed by atoms with E-state index >= 15 is 0 Å². The molecule has 0 radical (unpaired) electrons. The van der Waals surface area contributed by atoms with Gasteiger partial charge in [-0.05, 0) is 53.4 Å². The molecule has 0 aromatic heterocycles. The Morgan fingerprint density at radius 3 is 2.89 bits per heavy atom. The summed E-state index contributed by atoms with van der Waals surface area (Å²) in [5.41, 5.74) is 1.37. The van der Waals surface area contributed by atoms with Gasteiger partial charge >= 0.3 is 0 Å². The molecule has 1 aromatic carbocycles. The lowest BCUT2D eigenvalue weighted by Gasteiger charge is -2.18. The SMILES string of the molecule is COCCNCCN(C)Cc1cc(Br)ccc1I. The fraction of sp³-hybridized carbons (Fsp3) is 0.538. The Bertz CT molecular complexity index is 363. The fourth-order valence-corrected chi connectivity index (χ4v) is 2.52. The standard InChI is InChI=1S/C13H20BrIN2O/c1-17(7-5-16-6-8-18-2)10-11-9-12(14)3-4-13(11)15/h3-4,9,16H,5-8,10H2,1-2H3. The van der Waals surface area contributed by atoms with Crippen LogP contribution in [0.15, 0.2) is 22.7 Å². The maximum Gasteiger partial charge on any atom is 0.0587 e. The van der Waals surface area contributed by atoms with Crippen LogP contribution >= 0.6 is 38.5 Å². The summed E-state index contributed by atoms with van der Waals surface area (Å²) in [5, 5.41) is 3.35. The number of hydrogen-bond acceptors (Lipinski definition) is 3. The Hall–Kier alpha value is 0.310.